The summed E-state index contributed by atoms with van der Waals surface area (Å²) in [5.41, 5.74) is 0. The molecule has 66 valence electrons. The molecule has 0 saturated heterocycles. The second kappa shape index (κ2) is 6.35. The van der Waals surface area contributed by atoms with Crippen LogP contribution in [0.5, 0.6) is 0 Å². The van der Waals surface area contributed by atoms with Crippen molar-refractivity contribution < 1.29 is 9.53 Å². The predicted molar refractivity (Wildman–Crippen MR) is 45.6 cm³/mol. The van der Waals surface area contributed by atoms with Gasteiger partial charge in [0.05, 0.1) is 0 Å². The average Bonchev–Trinajstić information content (AvgIpc) is 1.85. The number of rotatable bonds is 6. The van der Waals surface area contributed by atoms with Gasteiger partial charge in [-0.1, -0.05) is 13.8 Å². The summed E-state index contributed by atoms with van der Waals surface area (Å²) in [5, 5.41) is 0. The molecule has 0 spiro atoms. The van der Waals surface area contributed by atoms with Gasteiger partial charge in [-0.2, -0.15) is 0 Å². The Kier molecular flexibility index (Phi) is 6.13. The molecule has 2 heteroatoms. The molecular formula is C9H18O2. The maximum atomic E-state index is 10.5. The Morgan fingerprint density at radius 1 is 1.45 bits per heavy atom. The molecule has 0 aliphatic heterocycles. The average molecular weight is 158 g/mol. The Balaban J connectivity index is 2.97. The molecule has 0 aromatic rings. The third-order valence-electron chi connectivity index (χ3n) is 1.27. The van der Waals surface area contributed by atoms with E-state index in [0.717, 1.165) is 19.6 Å². The van der Waals surface area contributed by atoms with Crippen molar-refractivity contribution in [2.75, 3.05) is 13.2 Å². The first-order chi connectivity index (χ1) is 5.13. The lowest BCUT2D eigenvalue weighted by molar-refractivity contribution is -0.117. The fourth-order valence-electron chi connectivity index (χ4n) is 0.742. The maximum absolute atomic E-state index is 10.5. The highest BCUT2D eigenvalue weighted by molar-refractivity contribution is 5.75. The first kappa shape index (κ1) is 10.6. The number of ketones is 1. The molecule has 0 unspecified atom stereocenters. The summed E-state index contributed by atoms with van der Waals surface area (Å²) in [6, 6.07) is 0. The number of ether oxygens (including phenoxy) is 1. The van der Waals surface area contributed by atoms with Crippen molar-refractivity contribution in [3.8, 4) is 0 Å². The molecule has 0 radical (unpaired) electrons. The normalized spacial score (nSPS) is 10.5. The first-order valence-electron chi connectivity index (χ1n) is 4.20. The molecule has 0 amide bonds. The van der Waals surface area contributed by atoms with Crippen LogP contribution in [0.25, 0.3) is 0 Å². The summed E-state index contributed by atoms with van der Waals surface area (Å²) < 4.78 is 5.29. The monoisotopic (exact) mass is 158 g/mol. The molecule has 11 heavy (non-hydrogen) atoms. The van der Waals surface area contributed by atoms with Crippen molar-refractivity contribution in [2.45, 2.75) is 33.6 Å². The Bertz CT molecular complexity index is 108. The van der Waals surface area contributed by atoms with Gasteiger partial charge in [0.1, 0.15) is 5.78 Å². The van der Waals surface area contributed by atoms with E-state index < -0.39 is 0 Å². The van der Waals surface area contributed by atoms with Gasteiger partial charge in [-0.05, 0) is 19.3 Å². The molecule has 0 atom stereocenters. The maximum Gasteiger partial charge on any atom is 0.129 e. The van der Waals surface area contributed by atoms with Crippen LogP contribution in [-0.4, -0.2) is 19.0 Å². The van der Waals surface area contributed by atoms with Crippen molar-refractivity contribution in [3.63, 3.8) is 0 Å². The van der Waals surface area contributed by atoms with Crippen molar-refractivity contribution in [1.82, 2.24) is 0 Å². The Morgan fingerprint density at radius 2 is 2.09 bits per heavy atom. The SMILES string of the molecule is CC(=O)CCCOCC(C)C. The van der Waals surface area contributed by atoms with Crippen LogP contribution in [0.1, 0.15) is 33.6 Å². The first-order valence-corrected chi connectivity index (χ1v) is 4.20. The Labute approximate surface area is 68.9 Å². The van der Waals surface area contributed by atoms with Crippen LogP contribution in [0.3, 0.4) is 0 Å². The highest BCUT2D eigenvalue weighted by Gasteiger charge is 1.95. The van der Waals surface area contributed by atoms with E-state index in [-0.39, 0.29) is 5.78 Å². The zero-order chi connectivity index (χ0) is 8.69. The summed E-state index contributed by atoms with van der Waals surface area (Å²) >= 11 is 0. The van der Waals surface area contributed by atoms with E-state index in [4.69, 9.17) is 4.74 Å². The van der Waals surface area contributed by atoms with Gasteiger partial charge in [0.15, 0.2) is 0 Å². The van der Waals surface area contributed by atoms with Gasteiger partial charge in [0.25, 0.3) is 0 Å². The van der Waals surface area contributed by atoms with Crippen LogP contribution in [0.15, 0.2) is 0 Å². The largest absolute Gasteiger partial charge is 0.381 e. The van der Waals surface area contributed by atoms with Crippen LogP contribution in [0.2, 0.25) is 0 Å². The molecule has 0 N–H and O–H groups in total. The molecule has 0 heterocycles. The van der Waals surface area contributed by atoms with Crippen molar-refractivity contribution in [2.24, 2.45) is 5.92 Å². The highest BCUT2D eigenvalue weighted by Crippen LogP contribution is 1.95. The molecule has 0 aliphatic carbocycles. The second-order valence-electron chi connectivity index (χ2n) is 3.27. The van der Waals surface area contributed by atoms with Gasteiger partial charge >= 0.3 is 0 Å². The molecule has 0 saturated carbocycles. The molecular weight excluding hydrogens is 140 g/mol. The number of carbonyl (C=O) groups is 1. The molecule has 0 aliphatic rings. The fourth-order valence-corrected chi connectivity index (χ4v) is 0.742. The lowest BCUT2D eigenvalue weighted by Gasteiger charge is -2.04. The zero-order valence-electron chi connectivity index (χ0n) is 7.72. The number of Topliss-reactive ketones (excluding diaryl/α,β-unsaturated/α-hetero) is 1. The lowest BCUT2D eigenvalue weighted by Crippen LogP contribution is -2.04. The Hall–Kier alpha value is -0.370. The zero-order valence-corrected chi connectivity index (χ0v) is 7.72. The van der Waals surface area contributed by atoms with E-state index in [2.05, 4.69) is 13.8 Å². The summed E-state index contributed by atoms with van der Waals surface area (Å²) in [6.07, 6.45) is 1.51. The van der Waals surface area contributed by atoms with E-state index in [1.165, 1.54) is 0 Å². The molecule has 0 aromatic carbocycles. The van der Waals surface area contributed by atoms with Gasteiger partial charge in [-0.3, -0.25) is 0 Å². The summed E-state index contributed by atoms with van der Waals surface area (Å²) in [4.78, 5) is 10.5. The smallest absolute Gasteiger partial charge is 0.129 e. The molecule has 0 rings (SSSR count). The van der Waals surface area contributed by atoms with Crippen LogP contribution in [0, 0.1) is 5.92 Å². The predicted octanol–water partition coefficient (Wildman–Crippen LogP) is 2.03. The highest BCUT2D eigenvalue weighted by atomic mass is 16.5. The van der Waals surface area contributed by atoms with E-state index in [1.807, 2.05) is 0 Å². The summed E-state index contributed by atoms with van der Waals surface area (Å²) in [7, 11) is 0. The van der Waals surface area contributed by atoms with E-state index >= 15 is 0 Å². The minimum absolute atomic E-state index is 0.248. The van der Waals surface area contributed by atoms with E-state index in [1.54, 1.807) is 6.92 Å². The molecule has 0 fully saturated rings. The molecule has 2 nitrogen and oxygen atoms in total. The molecule has 0 bridgehead atoms. The number of hydrogen-bond donors (Lipinski definition) is 0. The summed E-state index contributed by atoms with van der Waals surface area (Å²) in [5.74, 6) is 0.838. The third-order valence-corrected chi connectivity index (χ3v) is 1.27. The quantitative estimate of drug-likeness (QED) is 0.553. The minimum atomic E-state index is 0.248. The van der Waals surface area contributed by atoms with E-state index in [9.17, 15) is 4.79 Å². The standard InChI is InChI=1S/C9H18O2/c1-8(2)7-11-6-4-5-9(3)10/h8H,4-7H2,1-3H3. The van der Waals surface area contributed by atoms with Crippen molar-refractivity contribution in [1.29, 1.82) is 0 Å². The van der Waals surface area contributed by atoms with Crippen LogP contribution >= 0.6 is 0 Å². The van der Waals surface area contributed by atoms with Crippen molar-refractivity contribution >= 4 is 5.78 Å². The van der Waals surface area contributed by atoms with Gasteiger partial charge in [-0.25, -0.2) is 0 Å². The fraction of sp³-hybridized carbons (Fsp3) is 0.889. The molecule has 0 aromatic heterocycles. The summed E-state index contributed by atoms with van der Waals surface area (Å²) in [6.45, 7) is 7.37. The number of carbonyl (C=O) groups excluding carboxylic acids is 1. The van der Waals surface area contributed by atoms with Crippen LogP contribution < -0.4 is 0 Å². The number of hydrogen-bond acceptors (Lipinski definition) is 2. The minimum Gasteiger partial charge on any atom is -0.381 e. The second-order valence-corrected chi connectivity index (χ2v) is 3.27. The van der Waals surface area contributed by atoms with Crippen LogP contribution in [-0.2, 0) is 9.53 Å². The Morgan fingerprint density at radius 3 is 2.55 bits per heavy atom. The van der Waals surface area contributed by atoms with E-state index in [0.29, 0.717) is 12.3 Å². The van der Waals surface area contributed by atoms with Crippen LogP contribution in [0.4, 0.5) is 0 Å². The van der Waals surface area contributed by atoms with Gasteiger partial charge in [-0.15, -0.1) is 0 Å². The van der Waals surface area contributed by atoms with Crippen molar-refractivity contribution in [3.05, 3.63) is 0 Å². The lowest BCUT2D eigenvalue weighted by atomic mass is 10.2. The third kappa shape index (κ3) is 9.63. The van der Waals surface area contributed by atoms with Gasteiger partial charge < -0.3 is 9.53 Å². The van der Waals surface area contributed by atoms with Gasteiger partial charge in [0, 0.05) is 19.6 Å². The topological polar surface area (TPSA) is 26.3 Å². The van der Waals surface area contributed by atoms with Gasteiger partial charge in [0.2, 0.25) is 0 Å².